The van der Waals surface area contributed by atoms with Crippen molar-refractivity contribution in [3.63, 3.8) is 0 Å². The number of rotatable bonds is 6. The van der Waals surface area contributed by atoms with E-state index in [1.807, 2.05) is 0 Å². The van der Waals surface area contributed by atoms with Crippen LogP contribution in [-0.2, 0) is 14.3 Å². The summed E-state index contributed by atoms with van der Waals surface area (Å²) in [5.74, 6) is -0.770. The quantitative estimate of drug-likeness (QED) is 0.567. The van der Waals surface area contributed by atoms with Gasteiger partial charge in [-0.2, -0.15) is 0 Å². The lowest BCUT2D eigenvalue weighted by molar-refractivity contribution is -0.139. The summed E-state index contributed by atoms with van der Waals surface area (Å²) in [7, 11) is 1.68. The molecule has 2 saturated heterocycles. The zero-order valence-electron chi connectivity index (χ0n) is 10.1. The summed E-state index contributed by atoms with van der Waals surface area (Å²) in [6.45, 7) is 3.31. The molecule has 0 aliphatic carbocycles. The minimum Gasteiger partial charge on any atom is -0.481 e. The highest BCUT2D eigenvalue weighted by Gasteiger charge is 2.42. The van der Waals surface area contributed by atoms with Crippen molar-refractivity contribution in [1.82, 2.24) is 10.6 Å². The molecule has 2 aliphatic heterocycles. The van der Waals surface area contributed by atoms with Gasteiger partial charge in [-0.15, -0.1) is 0 Å². The van der Waals surface area contributed by atoms with Crippen molar-refractivity contribution in [2.24, 2.45) is 0 Å². The zero-order valence-corrected chi connectivity index (χ0v) is 10.1. The number of methoxy groups -OCH3 is 1. The summed E-state index contributed by atoms with van der Waals surface area (Å²) >= 11 is 0. The normalized spacial score (nSPS) is 31.1. The molecule has 0 aromatic heterocycles. The van der Waals surface area contributed by atoms with Crippen LogP contribution in [0.1, 0.15) is 12.8 Å². The van der Waals surface area contributed by atoms with E-state index in [9.17, 15) is 4.79 Å². The Morgan fingerprint density at radius 2 is 2.35 bits per heavy atom. The first-order chi connectivity index (χ1) is 8.10. The van der Waals surface area contributed by atoms with Gasteiger partial charge in [-0.1, -0.05) is 0 Å². The topological polar surface area (TPSA) is 79.8 Å². The Morgan fingerprint density at radius 1 is 1.59 bits per heavy atom. The van der Waals surface area contributed by atoms with Gasteiger partial charge in [0, 0.05) is 39.8 Å². The Bertz CT molecular complexity index is 285. The molecule has 1 atom stereocenters. The maximum atomic E-state index is 10.8. The number of ether oxygens (including phenoxy) is 2. The summed E-state index contributed by atoms with van der Waals surface area (Å²) in [5, 5.41) is 15.4. The number of nitrogens with one attached hydrogen (secondary N) is 2. The monoisotopic (exact) mass is 244 g/mol. The van der Waals surface area contributed by atoms with Gasteiger partial charge in [-0.3, -0.25) is 4.79 Å². The van der Waals surface area contributed by atoms with Gasteiger partial charge in [0.25, 0.3) is 0 Å². The first kappa shape index (κ1) is 12.8. The number of aliphatic carboxylic acids is 1. The van der Waals surface area contributed by atoms with Gasteiger partial charge in [-0.25, -0.2) is 0 Å². The van der Waals surface area contributed by atoms with Crippen molar-refractivity contribution in [1.29, 1.82) is 0 Å². The van der Waals surface area contributed by atoms with Crippen LogP contribution >= 0.6 is 0 Å². The largest absolute Gasteiger partial charge is 0.481 e. The fourth-order valence-corrected chi connectivity index (χ4v) is 2.34. The fourth-order valence-electron chi connectivity index (χ4n) is 2.34. The molecule has 2 heterocycles. The SMILES string of the molecule is COC1(CNC2(CC(=O)O)CNC2)CCOC1. The van der Waals surface area contributed by atoms with E-state index in [1.54, 1.807) is 7.11 Å². The van der Waals surface area contributed by atoms with E-state index in [2.05, 4.69) is 10.6 Å². The Kier molecular flexibility index (Phi) is 3.67. The first-order valence-corrected chi connectivity index (χ1v) is 5.90. The molecular formula is C11H20N2O4. The number of carboxylic acids is 1. The summed E-state index contributed by atoms with van der Waals surface area (Å²) in [6, 6.07) is 0. The van der Waals surface area contributed by atoms with E-state index in [0.717, 1.165) is 6.42 Å². The molecule has 17 heavy (non-hydrogen) atoms. The molecule has 0 spiro atoms. The van der Waals surface area contributed by atoms with Crippen LogP contribution in [0.15, 0.2) is 0 Å². The molecule has 0 radical (unpaired) electrons. The third kappa shape index (κ3) is 2.77. The van der Waals surface area contributed by atoms with E-state index in [1.165, 1.54) is 0 Å². The number of carboxylic acid groups (broad SMARTS) is 1. The van der Waals surface area contributed by atoms with Gasteiger partial charge in [-0.05, 0) is 0 Å². The predicted molar refractivity (Wildman–Crippen MR) is 61.0 cm³/mol. The number of carbonyl (C=O) groups is 1. The average Bonchev–Trinajstić information content (AvgIpc) is 2.71. The van der Waals surface area contributed by atoms with Crippen LogP contribution in [0.3, 0.4) is 0 Å². The molecular weight excluding hydrogens is 224 g/mol. The Hall–Kier alpha value is -0.690. The molecule has 98 valence electrons. The summed E-state index contributed by atoms with van der Waals surface area (Å²) in [5.41, 5.74) is -0.610. The van der Waals surface area contributed by atoms with Gasteiger partial charge in [0.15, 0.2) is 0 Å². The standard InChI is InChI=1S/C11H20N2O4/c1-16-11(2-3-17-8-11)7-13-10(4-9(14)15)5-12-6-10/h12-13H,2-8H2,1H3,(H,14,15). The van der Waals surface area contributed by atoms with Crippen LogP contribution in [0.25, 0.3) is 0 Å². The summed E-state index contributed by atoms with van der Waals surface area (Å²) < 4.78 is 10.9. The van der Waals surface area contributed by atoms with Crippen molar-refractivity contribution in [2.75, 3.05) is 40.0 Å². The molecule has 0 aromatic rings. The Morgan fingerprint density at radius 3 is 2.76 bits per heavy atom. The molecule has 6 nitrogen and oxygen atoms in total. The third-order valence-electron chi connectivity index (χ3n) is 3.70. The lowest BCUT2D eigenvalue weighted by atomic mass is 9.87. The Balaban J connectivity index is 1.89. The smallest absolute Gasteiger partial charge is 0.305 e. The van der Waals surface area contributed by atoms with Gasteiger partial charge in [0.2, 0.25) is 0 Å². The highest BCUT2D eigenvalue weighted by atomic mass is 16.5. The molecule has 2 rings (SSSR count). The first-order valence-electron chi connectivity index (χ1n) is 5.90. The highest BCUT2D eigenvalue weighted by Crippen LogP contribution is 2.24. The van der Waals surface area contributed by atoms with E-state index < -0.39 is 5.97 Å². The molecule has 1 unspecified atom stereocenters. The van der Waals surface area contributed by atoms with Gasteiger partial charge >= 0.3 is 5.97 Å². The molecule has 2 aliphatic rings. The minimum absolute atomic E-state index is 0.140. The van der Waals surface area contributed by atoms with E-state index in [4.69, 9.17) is 14.6 Å². The van der Waals surface area contributed by atoms with Crippen LogP contribution in [0, 0.1) is 0 Å². The maximum absolute atomic E-state index is 10.8. The number of hydrogen-bond acceptors (Lipinski definition) is 5. The van der Waals surface area contributed by atoms with Gasteiger partial charge in [0.1, 0.15) is 5.60 Å². The van der Waals surface area contributed by atoms with Gasteiger partial charge < -0.3 is 25.2 Å². The molecule has 3 N–H and O–H groups in total. The van der Waals surface area contributed by atoms with Crippen LogP contribution < -0.4 is 10.6 Å². The lowest BCUT2D eigenvalue weighted by Crippen LogP contribution is -2.70. The van der Waals surface area contributed by atoms with Crippen LogP contribution in [-0.4, -0.2) is 62.2 Å². The van der Waals surface area contributed by atoms with Crippen molar-refractivity contribution in [3.05, 3.63) is 0 Å². The average molecular weight is 244 g/mol. The van der Waals surface area contributed by atoms with Crippen LogP contribution in [0.2, 0.25) is 0 Å². The van der Waals surface area contributed by atoms with Crippen molar-refractivity contribution in [3.8, 4) is 0 Å². The van der Waals surface area contributed by atoms with Crippen LogP contribution in [0.4, 0.5) is 0 Å². The second kappa shape index (κ2) is 4.89. The summed E-state index contributed by atoms with van der Waals surface area (Å²) in [4.78, 5) is 10.8. The molecule has 2 fully saturated rings. The molecule has 6 heteroatoms. The van der Waals surface area contributed by atoms with E-state index in [-0.39, 0.29) is 17.6 Å². The van der Waals surface area contributed by atoms with E-state index in [0.29, 0.717) is 32.8 Å². The fraction of sp³-hybridized carbons (Fsp3) is 0.909. The maximum Gasteiger partial charge on any atom is 0.305 e. The summed E-state index contributed by atoms with van der Waals surface area (Å²) in [6.07, 6.45) is 0.994. The van der Waals surface area contributed by atoms with Gasteiger partial charge in [0.05, 0.1) is 18.6 Å². The molecule has 0 bridgehead atoms. The van der Waals surface area contributed by atoms with Crippen LogP contribution in [0.5, 0.6) is 0 Å². The molecule has 0 amide bonds. The lowest BCUT2D eigenvalue weighted by Gasteiger charge is -2.44. The minimum atomic E-state index is -0.770. The highest BCUT2D eigenvalue weighted by molar-refractivity contribution is 5.68. The molecule has 0 saturated carbocycles. The zero-order chi connectivity index (χ0) is 12.4. The predicted octanol–water partition coefficient (Wildman–Crippen LogP) is -0.802. The number of hydrogen-bond donors (Lipinski definition) is 3. The third-order valence-corrected chi connectivity index (χ3v) is 3.70. The second-order valence-electron chi connectivity index (χ2n) is 5.00. The molecule has 0 aromatic carbocycles. The van der Waals surface area contributed by atoms with Crippen molar-refractivity contribution in [2.45, 2.75) is 24.0 Å². The van der Waals surface area contributed by atoms with E-state index >= 15 is 0 Å². The Labute approximate surface area is 101 Å². The second-order valence-corrected chi connectivity index (χ2v) is 5.00. The van der Waals surface area contributed by atoms with Crippen molar-refractivity contribution >= 4 is 5.97 Å². The van der Waals surface area contributed by atoms with Crippen molar-refractivity contribution < 1.29 is 19.4 Å².